The van der Waals surface area contributed by atoms with E-state index in [0.717, 1.165) is 18.7 Å². The summed E-state index contributed by atoms with van der Waals surface area (Å²) in [6.45, 7) is 3.36. The van der Waals surface area contributed by atoms with Crippen LogP contribution in [-0.4, -0.2) is 29.3 Å². The molecule has 4 nitrogen and oxygen atoms in total. The maximum absolute atomic E-state index is 9.34. The zero-order valence-electron chi connectivity index (χ0n) is 8.93. The van der Waals surface area contributed by atoms with Gasteiger partial charge >= 0.3 is 0 Å². The molecular formula is C11H17N3O. The fourth-order valence-electron chi connectivity index (χ4n) is 2.17. The monoisotopic (exact) mass is 207 g/mol. The van der Waals surface area contributed by atoms with Gasteiger partial charge in [-0.25, -0.2) is 4.98 Å². The summed E-state index contributed by atoms with van der Waals surface area (Å²) >= 11 is 0. The summed E-state index contributed by atoms with van der Waals surface area (Å²) in [7, 11) is 0. The first-order chi connectivity index (χ1) is 7.22. The Bertz CT molecular complexity index is 325. The van der Waals surface area contributed by atoms with Gasteiger partial charge in [0.2, 0.25) is 0 Å². The molecule has 1 fully saturated rings. The first-order valence-corrected chi connectivity index (χ1v) is 5.31. The zero-order valence-corrected chi connectivity index (χ0v) is 8.93. The van der Waals surface area contributed by atoms with E-state index in [1.165, 1.54) is 0 Å². The summed E-state index contributed by atoms with van der Waals surface area (Å²) in [5.41, 5.74) is 6.59. The smallest absolute Gasteiger partial charge is 0.123 e. The third-order valence-corrected chi connectivity index (χ3v) is 3.17. The Morgan fingerprint density at radius 1 is 1.60 bits per heavy atom. The van der Waals surface area contributed by atoms with E-state index in [9.17, 15) is 5.11 Å². The molecule has 4 heteroatoms. The molecule has 0 spiro atoms. The van der Waals surface area contributed by atoms with Crippen molar-refractivity contribution in [1.82, 2.24) is 4.98 Å². The number of aliphatic hydroxyl groups excluding tert-OH is 1. The molecule has 1 aliphatic heterocycles. The van der Waals surface area contributed by atoms with Gasteiger partial charge in [-0.3, -0.25) is 0 Å². The molecule has 2 rings (SSSR count). The van der Waals surface area contributed by atoms with Gasteiger partial charge in [0.05, 0.1) is 24.5 Å². The maximum atomic E-state index is 9.34. The largest absolute Gasteiger partial charge is 0.394 e. The lowest BCUT2D eigenvalue weighted by Gasteiger charge is -2.26. The standard InChI is InChI=1S/C11H17N3O/c1-8-4-5-14(10(8)7-15)9-2-3-11(12)13-6-9/h2-3,6,8,10,15H,4-5,7H2,1H3,(H2,12,13). The molecule has 0 aliphatic carbocycles. The number of aliphatic hydroxyl groups is 1. The van der Waals surface area contributed by atoms with E-state index in [2.05, 4.69) is 16.8 Å². The van der Waals surface area contributed by atoms with Gasteiger partial charge in [-0.05, 0) is 24.5 Å². The summed E-state index contributed by atoms with van der Waals surface area (Å²) in [5, 5.41) is 9.34. The average Bonchev–Trinajstić information content (AvgIpc) is 2.61. The third-order valence-electron chi connectivity index (χ3n) is 3.17. The highest BCUT2D eigenvalue weighted by Gasteiger charge is 2.30. The number of nitrogens with two attached hydrogens (primary N) is 1. The quantitative estimate of drug-likeness (QED) is 0.755. The molecule has 82 valence electrons. The summed E-state index contributed by atoms with van der Waals surface area (Å²) in [6.07, 6.45) is 2.89. The highest BCUT2D eigenvalue weighted by atomic mass is 16.3. The maximum Gasteiger partial charge on any atom is 0.123 e. The first-order valence-electron chi connectivity index (χ1n) is 5.31. The van der Waals surface area contributed by atoms with E-state index < -0.39 is 0 Å². The van der Waals surface area contributed by atoms with Crippen molar-refractivity contribution in [3.8, 4) is 0 Å². The summed E-state index contributed by atoms with van der Waals surface area (Å²) in [6, 6.07) is 3.98. The van der Waals surface area contributed by atoms with Crippen LogP contribution < -0.4 is 10.6 Å². The number of nitrogens with zero attached hydrogens (tertiary/aromatic N) is 2. The molecule has 1 aromatic rings. The Morgan fingerprint density at radius 2 is 2.40 bits per heavy atom. The normalized spacial score (nSPS) is 25.9. The van der Waals surface area contributed by atoms with Crippen LogP contribution in [0, 0.1) is 5.92 Å². The lowest BCUT2D eigenvalue weighted by atomic mass is 10.0. The summed E-state index contributed by atoms with van der Waals surface area (Å²) in [4.78, 5) is 6.28. The van der Waals surface area contributed by atoms with Crippen molar-refractivity contribution in [2.45, 2.75) is 19.4 Å². The molecule has 2 unspecified atom stereocenters. The van der Waals surface area contributed by atoms with Gasteiger partial charge < -0.3 is 15.7 Å². The van der Waals surface area contributed by atoms with Crippen LogP contribution in [0.15, 0.2) is 18.3 Å². The predicted octanol–water partition coefficient (Wildman–Crippen LogP) is 0.871. The van der Waals surface area contributed by atoms with Crippen LogP contribution in [0.4, 0.5) is 11.5 Å². The molecule has 0 saturated carbocycles. The Hall–Kier alpha value is -1.29. The van der Waals surface area contributed by atoms with Gasteiger partial charge in [0, 0.05) is 6.54 Å². The lowest BCUT2D eigenvalue weighted by molar-refractivity contribution is 0.244. The van der Waals surface area contributed by atoms with E-state index >= 15 is 0 Å². The van der Waals surface area contributed by atoms with E-state index in [0.29, 0.717) is 11.7 Å². The minimum Gasteiger partial charge on any atom is -0.394 e. The Labute approximate surface area is 89.7 Å². The highest BCUT2D eigenvalue weighted by Crippen LogP contribution is 2.28. The van der Waals surface area contributed by atoms with Crippen LogP contribution in [-0.2, 0) is 0 Å². The first kappa shape index (κ1) is 10.2. The number of aromatic nitrogens is 1. The molecule has 1 aliphatic rings. The molecule has 15 heavy (non-hydrogen) atoms. The second kappa shape index (κ2) is 4.06. The Morgan fingerprint density at radius 3 is 3.00 bits per heavy atom. The van der Waals surface area contributed by atoms with E-state index in [1.54, 1.807) is 12.3 Å². The molecule has 3 N–H and O–H groups in total. The molecule has 1 saturated heterocycles. The van der Waals surface area contributed by atoms with Crippen molar-refractivity contribution in [2.75, 3.05) is 23.8 Å². The fraction of sp³-hybridized carbons (Fsp3) is 0.545. The molecule has 1 aromatic heterocycles. The van der Waals surface area contributed by atoms with Crippen molar-refractivity contribution >= 4 is 11.5 Å². The Balaban J connectivity index is 2.20. The number of nitrogen functional groups attached to an aromatic ring is 1. The van der Waals surface area contributed by atoms with E-state index in [1.807, 2.05) is 6.07 Å². The van der Waals surface area contributed by atoms with Crippen LogP contribution in [0.1, 0.15) is 13.3 Å². The predicted molar refractivity (Wildman–Crippen MR) is 60.7 cm³/mol. The highest BCUT2D eigenvalue weighted by molar-refractivity contribution is 5.50. The van der Waals surface area contributed by atoms with Crippen molar-refractivity contribution in [1.29, 1.82) is 0 Å². The van der Waals surface area contributed by atoms with Crippen molar-refractivity contribution in [3.63, 3.8) is 0 Å². The van der Waals surface area contributed by atoms with Crippen LogP contribution >= 0.6 is 0 Å². The van der Waals surface area contributed by atoms with Crippen LogP contribution in [0.3, 0.4) is 0 Å². The van der Waals surface area contributed by atoms with Gasteiger partial charge in [-0.15, -0.1) is 0 Å². The number of hydrogen-bond donors (Lipinski definition) is 2. The molecule has 0 aromatic carbocycles. The number of pyridine rings is 1. The van der Waals surface area contributed by atoms with Gasteiger partial charge in [0.1, 0.15) is 5.82 Å². The number of rotatable bonds is 2. The fourth-order valence-corrected chi connectivity index (χ4v) is 2.17. The minimum absolute atomic E-state index is 0.200. The SMILES string of the molecule is CC1CCN(c2ccc(N)nc2)C1CO. The molecule has 2 atom stereocenters. The molecule has 2 heterocycles. The van der Waals surface area contributed by atoms with Crippen molar-refractivity contribution < 1.29 is 5.11 Å². The van der Waals surface area contributed by atoms with Crippen molar-refractivity contribution in [3.05, 3.63) is 18.3 Å². The van der Waals surface area contributed by atoms with Gasteiger partial charge in [0.25, 0.3) is 0 Å². The van der Waals surface area contributed by atoms with Gasteiger partial charge in [-0.1, -0.05) is 6.92 Å². The van der Waals surface area contributed by atoms with Crippen LogP contribution in [0.2, 0.25) is 0 Å². The second-order valence-electron chi connectivity index (χ2n) is 4.15. The molecule has 0 bridgehead atoms. The number of hydrogen-bond acceptors (Lipinski definition) is 4. The molecule has 0 amide bonds. The summed E-state index contributed by atoms with van der Waals surface area (Å²) < 4.78 is 0. The van der Waals surface area contributed by atoms with Crippen LogP contribution in [0.5, 0.6) is 0 Å². The topological polar surface area (TPSA) is 62.4 Å². The summed E-state index contributed by atoms with van der Waals surface area (Å²) in [5.74, 6) is 1.07. The van der Waals surface area contributed by atoms with Crippen LogP contribution in [0.25, 0.3) is 0 Å². The van der Waals surface area contributed by atoms with Gasteiger partial charge in [-0.2, -0.15) is 0 Å². The Kier molecular flexibility index (Phi) is 2.77. The second-order valence-corrected chi connectivity index (χ2v) is 4.15. The average molecular weight is 207 g/mol. The lowest BCUT2D eigenvalue weighted by Crippen LogP contribution is -2.35. The van der Waals surface area contributed by atoms with Gasteiger partial charge in [0.15, 0.2) is 0 Å². The molecular weight excluding hydrogens is 190 g/mol. The van der Waals surface area contributed by atoms with E-state index in [4.69, 9.17) is 5.73 Å². The third kappa shape index (κ3) is 1.90. The molecule has 0 radical (unpaired) electrons. The zero-order chi connectivity index (χ0) is 10.8. The minimum atomic E-state index is 0.200. The van der Waals surface area contributed by atoms with E-state index in [-0.39, 0.29) is 12.6 Å². The van der Waals surface area contributed by atoms with Crippen molar-refractivity contribution in [2.24, 2.45) is 5.92 Å². The number of anilines is 2.